The lowest BCUT2D eigenvalue weighted by atomic mass is 10.2. The molecule has 6 nitrogen and oxygen atoms in total. The van der Waals surface area contributed by atoms with E-state index in [1.165, 1.54) is 0 Å². The van der Waals surface area contributed by atoms with Gasteiger partial charge >= 0.3 is 0 Å². The third-order valence-corrected chi connectivity index (χ3v) is 4.55. The van der Waals surface area contributed by atoms with Crippen molar-refractivity contribution in [2.75, 3.05) is 38.7 Å². The number of benzene rings is 2. The molecule has 1 atom stereocenters. The molecule has 0 aromatic heterocycles. The van der Waals surface area contributed by atoms with Crippen molar-refractivity contribution in [2.24, 2.45) is 0 Å². The number of anilines is 1. The van der Waals surface area contributed by atoms with Crippen LogP contribution in [0.25, 0.3) is 0 Å². The Morgan fingerprint density at radius 3 is 2.74 bits per heavy atom. The van der Waals surface area contributed by atoms with E-state index in [0.717, 1.165) is 11.3 Å². The van der Waals surface area contributed by atoms with Crippen molar-refractivity contribution in [3.8, 4) is 17.2 Å². The molecule has 144 valence electrons. The van der Waals surface area contributed by atoms with Gasteiger partial charge in [0.2, 0.25) is 5.91 Å². The number of fused-ring (bicyclic) bond motifs is 1. The van der Waals surface area contributed by atoms with E-state index in [0.29, 0.717) is 43.6 Å². The molecule has 1 N–H and O–H groups in total. The second kappa shape index (κ2) is 8.77. The Morgan fingerprint density at radius 2 is 1.96 bits per heavy atom. The van der Waals surface area contributed by atoms with Gasteiger partial charge in [-0.2, -0.15) is 0 Å². The number of carbonyl (C=O) groups is 1. The highest BCUT2D eigenvalue weighted by Gasteiger charge is 2.19. The summed E-state index contributed by atoms with van der Waals surface area (Å²) in [6, 6.07) is 13.1. The van der Waals surface area contributed by atoms with Crippen LogP contribution in [-0.4, -0.2) is 50.3 Å². The van der Waals surface area contributed by atoms with Crippen LogP contribution in [0.5, 0.6) is 17.2 Å². The van der Waals surface area contributed by atoms with Crippen LogP contribution in [-0.2, 0) is 4.79 Å². The summed E-state index contributed by atoms with van der Waals surface area (Å²) in [7, 11) is 1.91. The molecule has 3 rings (SSSR count). The first-order valence-electron chi connectivity index (χ1n) is 9.13. The van der Waals surface area contributed by atoms with Crippen molar-refractivity contribution in [3.05, 3.63) is 48.0 Å². The van der Waals surface area contributed by atoms with Crippen molar-refractivity contribution in [1.29, 1.82) is 0 Å². The molecule has 0 radical (unpaired) electrons. The number of hydrogen-bond acceptors (Lipinski definition) is 5. The predicted molar refractivity (Wildman–Crippen MR) is 105 cm³/mol. The number of hydrogen-bond donors (Lipinski definition) is 1. The minimum atomic E-state index is -0.292. The van der Waals surface area contributed by atoms with Crippen LogP contribution in [0, 0.1) is 6.92 Å². The summed E-state index contributed by atoms with van der Waals surface area (Å²) in [6.07, 6.45) is 0. The Morgan fingerprint density at radius 1 is 1.19 bits per heavy atom. The third kappa shape index (κ3) is 5.14. The molecule has 6 heteroatoms. The van der Waals surface area contributed by atoms with Crippen LogP contribution in [0.3, 0.4) is 0 Å². The van der Waals surface area contributed by atoms with Crippen molar-refractivity contribution < 1.29 is 19.0 Å². The molecule has 0 fully saturated rings. The fourth-order valence-electron chi connectivity index (χ4n) is 2.77. The summed E-state index contributed by atoms with van der Waals surface area (Å²) in [6.45, 7) is 6.13. The molecular weight excluding hydrogens is 344 g/mol. The molecule has 0 saturated carbocycles. The number of likely N-dealkylation sites (N-methyl/N-ethyl adjacent to an activating group) is 1. The zero-order valence-electron chi connectivity index (χ0n) is 16.0. The van der Waals surface area contributed by atoms with Gasteiger partial charge in [0.25, 0.3) is 0 Å². The molecule has 2 aromatic rings. The summed E-state index contributed by atoms with van der Waals surface area (Å²) in [5, 5.41) is 2.93. The minimum Gasteiger partial charge on any atom is -0.492 e. The average Bonchev–Trinajstić information content (AvgIpc) is 2.67. The second-order valence-corrected chi connectivity index (χ2v) is 6.67. The Kier molecular flexibility index (Phi) is 6.19. The number of nitrogens with zero attached hydrogens (tertiary/aromatic N) is 1. The van der Waals surface area contributed by atoms with Crippen LogP contribution >= 0.6 is 0 Å². The molecular formula is C21H26N2O4. The maximum absolute atomic E-state index is 12.5. The average molecular weight is 370 g/mol. The lowest BCUT2D eigenvalue weighted by Gasteiger charge is -2.24. The van der Waals surface area contributed by atoms with Crippen LogP contribution in [0.1, 0.15) is 12.5 Å². The van der Waals surface area contributed by atoms with Gasteiger partial charge < -0.3 is 19.5 Å². The van der Waals surface area contributed by atoms with Gasteiger partial charge in [0.1, 0.15) is 25.6 Å². The fourth-order valence-corrected chi connectivity index (χ4v) is 2.77. The highest BCUT2D eigenvalue weighted by molar-refractivity contribution is 5.94. The molecule has 0 spiro atoms. The van der Waals surface area contributed by atoms with Crippen LogP contribution < -0.4 is 19.5 Å². The van der Waals surface area contributed by atoms with Gasteiger partial charge in [0, 0.05) is 18.3 Å². The summed E-state index contributed by atoms with van der Waals surface area (Å²) >= 11 is 0. The van der Waals surface area contributed by atoms with Gasteiger partial charge in [-0.25, -0.2) is 0 Å². The van der Waals surface area contributed by atoms with Crippen LogP contribution in [0.2, 0.25) is 0 Å². The first-order chi connectivity index (χ1) is 13.0. The Balaban J connectivity index is 1.49. The highest BCUT2D eigenvalue weighted by atomic mass is 16.6. The van der Waals surface area contributed by atoms with Gasteiger partial charge in [-0.15, -0.1) is 0 Å². The lowest BCUT2D eigenvalue weighted by Crippen LogP contribution is -2.41. The zero-order valence-corrected chi connectivity index (χ0v) is 16.0. The van der Waals surface area contributed by atoms with E-state index in [2.05, 4.69) is 5.32 Å². The summed E-state index contributed by atoms with van der Waals surface area (Å²) in [5.41, 5.74) is 1.86. The van der Waals surface area contributed by atoms with Crippen LogP contribution in [0.4, 0.5) is 5.69 Å². The van der Waals surface area contributed by atoms with Crippen LogP contribution in [0.15, 0.2) is 42.5 Å². The minimum absolute atomic E-state index is 0.0790. The van der Waals surface area contributed by atoms with E-state index in [9.17, 15) is 4.79 Å². The van der Waals surface area contributed by atoms with Gasteiger partial charge in [0.15, 0.2) is 11.5 Å². The number of aryl methyl sites for hydroxylation is 1. The van der Waals surface area contributed by atoms with Gasteiger partial charge in [-0.3, -0.25) is 9.69 Å². The SMILES string of the molecule is Cc1cccc(OCCN(C)[C@H](C)C(=O)Nc2ccc3c(c2)OCCO3)c1. The number of nitrogens with one attached hydrogen (secondary N) is 1. The molecule has 0 aliphatic carbocycles. The zero-order chi connectivity index (χ0) is 19.2. The normalized spacial score (nSPS) is 13.9. The van der Waals surface area contributed by atoms with Crippen molar-refractivity contribution >= 4 is 11.6 Å². The predicted octanol–water partition coefficient (Wildman–Crippen LogP) is 3.10. The highest BCUT2D eigenvalue weighted by Crippen LogP contribution is 2.32. The lowest BCUT2D eigenvalue weighted by molar-refractivity contribution is -0.120. The summed E-state index contributed by atoms with van der Waals surface area (Å²) < 4.78 is 16.8. The van der Waals surface area contributed by atoms with E-state index in [-0.39, 0.29) is 11.9 Å². The van der Waals surface area contributed by atoms with Gasteiger partial charge in [0.05, 0.1) is 6.04 Å². The van der Waals surface area contributed by atoms with Crippen molar-refractivity contribution in [3.63, 3.8) is 0 Å². The number of amides is 1. The maximum Gasteiger partial charge on any atom is 0.241 e. The molecule has 1 amide bonds. The summed E-state index contributed by atoms with van der Waals surface area (Å²) in [5.74, 6) is 2.13. The van der Waals surface area contributed by atoms with E-state index >= 15 is 0 Å². The first-order valence-corrected chi connectivity index (χ1v) is 9.13. The quantitative estimate of drug-likeness (QED) is 0.812. The van der Waals surface area contributed by atoms with Crippen molar-refractivity contribution in [2.45, 2.75) is 19.9 Å². The monoisotopic (exact) mass is 370 g/mol. The largest absolute Gasteiger partial charge is 0.492 e. The molecule has 1 aliphatic rings. The third-order valence-electron chi connectivity index (χ3n) is 4.55. The molecule has 2 aromatic carbocycles. The number of ether oxygens (including phenoxy) is 3. The van der Waals surface area contributed by atoms with E-state index in [1.54, 1.807) is 6.07 Å². The van der Waals surface area contributed by atoms with Gasteiger partial charge in [-0.05, 0) is 50.7 Å². The Labute approximate surface area is 160 Å². The number of carbonyl (C=O) groups excluding carboxylic acids is 1. The molecule has 0 unspecified atom stereocenters. The van der Waals surface area contributed by atoms with E-state index < -0.39 is 0 Å². The maximum atomic E-state index is 12.5. The van der Waals surface area contributed by atoms with Gasteiger partial charge in [-0.1, -0.05) is 12.1 Å². The smallest absolute Gasteiger partial charge is 0.241 e. The Hall–Kier alpha value is -2.73. The fraction of sp³-hybridized carbons (Fsp3) is 0.381. The first kappa shape index (κ1) is 19.0. The summed E-state index contributed by atoms with van der Waals surface area (Å²) in [4.78, 5) is 14.5. The standard InChI is InChI=1S/C21H26N2O4/c1-15-5-4-6-18(13-15)25-10-9-23(3)16(2)21(24)22-17-7-8-19-20(14-17)27-12-11-26-19/h4-8,13-14,16H,9-12H2,1-3H3,(H,22,24)/t16-/m1/s1. The topological polar surface area (TPSA) is 60.0 Å². The molecule has 27 heavy (non-hydrogen) atoms. The molecule has 1 aliphatic heterocycles. The molecule has 0 saturated heterocycles. The van der Waals surface area contributed by atoms with E-state index in [1.807, 2.05) is 62.2 Å². The molecule has 1 heterocycles. The van der Waals surface area contributed by atoms with Crippen molar-refractivity contribution in [1.82, 2.24) is 4.90 Å². The second-order valence-electron chi connectivity index (χ2n) is 6.67. The molecule has 0 bridgehead atoms. The Bertz CT molecular complexity index is 794. The van der Waals surface area contributed by atoms with E-state index in [4.69, 9.17) is 14.2 Å². The number of rotatable bonds is 7.